The summed E-state index contributed by atoms with van der Waals surface area (Å²) in [6, 6.07) is 1.28. The predicted octanol–water partition coefficient (Wildman–Crippen LogP) is 3.51. The third-order valence-electron chi connectivity index (χ3n) is 7.78. The number of benzene rings is 1. The van der Waals surface area contributed by atoms with Crippen LogP contribution in [0.3, 0.4) is 0 Å². The smallest absolute Gasteiger partial charge is 0.271 e. The molecule has 202 valence electrons. The van der Waals surface area contributed by atoms with Gasteiger partial charge in [-0.15, -0.1) is 0 Å². The van der Waals surface area contributed by atoms with E-state index >= 15 is 0 Å². The van der Waals surface area contributed by atoms with Crippen LogP contribution in [0.2, 0.25) is 5.02 Å². The third kappa shape index (κ3) is 4.68. The van der Waals surface area contributed by atoms with Crippen molar-refractivity contribution in [3.8, 4) is 6.07 Å². The topological polar surface area (TPSA) is 118 Å². The second kappa shape index (κ2) is 9.76. The van der Waals surface area contributed by atoms with Crippen LogP contribution in [0.5, 0.6) is 0 Å². The molecule has 38 heavy (non-hydrogen) atoms. The molecule has 1 aliphatic carbocycles. The first-order valence-electron chi connectivity index (χ1n) is 12.3. The average Bonchev–Trinajstić information content (AvgIpc) is 3.53. The second-order valence-electron chi connectivity index (χ2n) is 10.3. The summed E-state index contributed by atoms with van der Waals surface area (Å²) in [4.78, 5) is 42.8. The van der Waals surface area contributed by atoms with Crippen LogP contribution in [0.15, 0.2) is 12.1 Å². The van der Waals surface area contributed by atoms with Gasteiger partial charge in [0.2, 0.25) is 17.7 Å². The van der Waals surface area contributed by atoms with Gasteiger partial charge in [0.25, 0.3) is 5.91 Å². The highest BCUT2D eigenvalue weighted by atomic mass is 35.5. The Kier molecular flexibility index (Phi) is 6.75. The molecule has 0 radical (unpaired) electrons. The highest BCUT2D eigenvalue weighted by molar-refractivity contribution is 6.35. The molecule has 3 fully saturated rings. The molecule has 3 amide bonds. The van der Waals surface area contributed by atoms with Crippen LogP contribution in [0.1, 0.15) is 42.6 Å². The Bertz CT molecular complexity index is 1360. The fraction of sp³-hybridized carbons (Fsp3) is 0.520. The van der Waals surface area contributed by atoms with Gasteiger partial charge in [0.1, 0.15) is 34.4 Å². The molecule has 1 saturated carbocycles. The molecule has 1 aromatic heterocycles. The molecule has 3 aliphatic rings. The molecule has 3 N–H and O–H groups in total. The number of hydrogen-bond acceptors (Lipinski definition) is 4. The molecular weight excluding hydrogens is 530 g/mol. The maximum absolute atomic E-state index is 14.3. The summed E-state index contributed by atoms with van der Waals surface area (Å²) >= 11 is 5.92. The predicted molar refractivity (Wildman–Crippen MR) is 127 cm³/mol. The molecule has 13 heteroatoms. The van der Waals surface area contributed by atoms with Gasteiger partial charge in [0.05, 0.1) is 11.6 Å². The van der Waals surface area contributed by atoms with E-state index in [1.165, 1.54) is 0 Å². The number of nitriles is 1. The Balaban J connectivity index is 1.41. The highest BCUT2D eigenvalue weighted by Crippen LogP contribution is 2.50. The number of fused-ring (bicyclic) bond motifs is 2. The van der Waals surface area contributed by atoms with Crippen molar-refractivity contribution in [3.05, 3.63) is 34.5 Å². The second-order valence-corrected chi connectivity index (χ2v) is 10.7. The lowest BCUT2D eigenvalue weighted by molar-refractivity contribution is -0.129. The van der Waals surface area contributed by atoms with E-state index in [0.29, 0.717) is 19.0 Å². The van der Waals surface area contributed by atoms with Gasteiger partial charge in [-0.2, -0.15) is 5.26 Å². The number of H-pyrrole nitrogens is 1. The zero-order chi connectivity index (χ0) is 27.4. The summed E-state index contributed by atoms with van der Waals surface area (Å²) in [5.41, 5.74) is -0.332. The summed E-state index contributed by atoms with van der Waals surface area (Å²) < 4.78 is 56.8. The third-order valence-corrected chi connectivity index (χ3v) is 8.15. The summed E-state index contributed by atoms with van der Waals surface area (Å²) in [7, 11) is 0. The first-order valence-corrected chi connectivity index (χ1v) is 12.7. The molecule has 3 heterocycles. The molecular formula is C25H24ClF4N5O3. The van der Waals surface area contributed by atoms with E-state index in [2.05, 4.69) is 15.6 Å². The summed E-state index contributed by atoms with van der Waals surface area (Å²) in [5.74, 6) is -8.77. The van der Waals surface area contributed by atoms with Crippen LogP contribution in [0, 0.1) is 40.7 Å². The minimum Gasteiger partial charge on any atom is -0.356 e. The fourth-order valence-electron chi connectivity index (χ4n) is 6.05. The van der Waals surface area contributed by atoms with Gasteiger partial charge < -0.3 is 20.5 Å². The largest absolute Gasteiger partial charge is 0.356 e. The van der Waals surface area contributed by atoms with Crippen LogP contribution in [-0.4, -0.2) is 58.7 Å². The number of halogens is 5. The SMILES string of the molecule is N#C[C@H](C[C@@H]1CCCNC1=O)NC(=O)[C@H]1[C@H]2CC(F)(F)C[C@H]2CN1C(=O)c1cc2c(F)cc(F)c(Cl)c2[nH]1. The van der Waals surface area contributed by atoms with Crippen molar-refractivity contribution < 1.29 is 31.9 Å². The number of aromatic nitrogens is 1. The van der Waals surface area contributed by atoms with E-state index in [1.807, 2.05) is 6.07 Å². The standard InChI is InChI=1S/C25H24ClF4N5O3/c26-19-17(28)6-16(27)14-5-18(34-20(14)19)24(38)35-10-12-7-25(29,30)8-15(12)21(35)23(37)33-13(9-31)4-11-2-1-3-32-22(11)36/h5-6,11-13,15,21,34H,1-4,7-8,10H2,(H,32,36)(H,33,37)/t11-,12-,13-,15-,21+/m0/s1. The number of alkyl halides is 2. The summed E-state index contributed by atoms with van der Waals surface area (Å²) in [5, 5.41) is 14.3. The molecule has 2 aromatic rings. The molecule has 2 saturated heterocycles. The molecule has 0 spiro atoms. The summed E-state index contributed by atoms with van der Waals surface area (Å²) in [6.45, 7) is 0.379. The molecule has 1 aromatic carbocycles. The molecule has 5 atom stereocenters. The first kappa shape index (κ1) is 26.3. The minimum atomic E-state index is -3.01. The number of carbonyl (C=O) groups is 3. The number of nitrogens with zero attached hydrogens (tertiary/aromatic N) is 2. The molecule has 8 nitrogen and oxygen atoms in total. The number of piperidine rings is 1. The van der Waals surface area contributed by atoms with Crippen LogP contribution in [0.25, 0.3) is 10.9 Å². The van der Waals surface area contributed by atoms with E-state index in [1.54, 1.807) is 0 Å². The number of carbonyl (C=O) groups excluding carboxylic acids is 3. The van der Waals surface area contributed by atoms with Crippen LogP contribution in [-0.2, 0) is 9.59 Å². The zero-order valence-electron chi connectivity index (χ0n) is 20.0. The number of nitrogens with one attached hydrogen (secondary N) is 3. The van der Waals surface area contributed by atoms with Gasteiger partial charge in [-0.1, -0.05) is 11.6 Å². The van der Waals surface area contributed by atoms with Gasteiger partial charge in [-0.3, -0.25) is 14.4 Å². The Morgan fingerprint density at radius 1 is 1.26 bits per heavy atom. The van der Waals surface area contributed by atoms with Gasteiger partial charge in [0.15, 0.2) is 0 Å². The van der Waals surface area contributed by atoms with Crippen LogP contribution < -0.4 is 10.6 Å². The van der Waals surface area contributed by atoms with Gasteiger partial charge in [-0.25, -0.2) is 17.6 Å². The van der Waals surface area contributed by atoms with Crippen molar-refractivity contribution in [2.24, 2.45) is 17.8 Å². The normalized spacial score (nSPS) is 27.1. The summed E-state index contributed by atoms with van der Waals surface area (Å²) in [6.07, 6.45) is 0.203. The Hall–Kier alpha value is -3.33. The van der Waals surface area contributed by atoms with Crippen molar-refractivity contribution in [2.45, 2.75) is 50.1 Å². The maximum atomic E-state index is 14.3. The Morgan fingerprint density at radius 2 is 2.03 bits per heavy atom. The molecule has 0 unspecified atom stereocenters. The highest BCUT2D eigenvalue weighted by Gasteiger charge is 2.58. The quantitative estimate of drug-likeness (QED) is 0.388. The number of rotatable bonds is 5. The van der Waals surface area contributed by atoms with Crippen molar-refractivity contribution in [3.63, 3.8) is 0 Å². The van der Waals surface area contributed by atoms with Crippen molar-refractivity contribution in [1.29, 1.82) is 5.26 Å². The molecule has 2 aliphatic heterocycles. The lowest BCUT2D eigenvalue weighted by Crippen LogP contribution is -2.52. The van der Waals surface area contributed by atoms with Crippen molar-refractivity contribution in [2.75, 3.05) is 13.1 Å². The molecule has 0 bridgehead atoms. The van der Waals surface area contributed by atoms with Crippen LogP contribution >= 0.6 is 11.6 Å². The maximum Gasteiger partial charge on any atom is 0.271 e. The first-order chi connectivity index (χ1) is 18.0. The monoisotopic (exact) mass is 553 g/mol. The van der Waals surface area contributed by atoms with Crippen molar-refractivity contribution >= 4 is 40.2 Å². The fourth-order valence-corrected chi connectivity index (χ4v) is 6.25. The number of hydrogen-bond donors (Lipinski definition) is 3. The van der Waals surface area contributed by atoms with E-state index in [4.69, 9.17) is 11.6 Å². The van der Waals surface area contributed by atoms with E-state index < -0.39 is 77.1 Å². The van der Waals surface area contributed by atoms with E-state index in [-0.39, 0.29) is 35.5 Å². The lowest BCUT2D eigenvalue weighted by atomic mass is 9.90. The minimum absolute atomic E-state index is 0.0460. The van der Waals surface area contributed by atoms with E-state index in [9.17, 15) is 37.2 Å². The van der Waals surface area contributed by atoms with Crippen molar-refractivity contribution in [1.82, 2.24) is 20.5 Å². The zero-order valence-corrected chi connectivity index (χ0v) is 20.8. The van der Waals surface area contributed by atoms with Gasteiger partial charge in [-0.05, 0) is 37.2 Å². The number of likely N-dealkylation sites (tertiary alicyclic amines) is 1. The number of amides is 3. The van der Waals surface area contributed by atoms with Gasteiger partial charge >= 0.3 is 0 Å². The average molecular weight is 554 g/mol. The lowest BCUT2D eigenvalue weighted by Gasteiger charge is -2.29. The Morgan fingerprint density at radius 3 is 2.74 bits per heavy atom. The molecule has 5 rings (SSSR count). The van der Waals surface area contributed by atoms with Crippen LogP contribution in [0.4, 0.5) is 17.6 Å². The number of aromatic amines is 1. The van der Waals surface area contributed by atoms with Gasteiger partial charge in [0, 0.05) is 43.3 Å². The Labute approximate surface area is 219 Å². The van der Waals surface area contributed by atoms with E-state index in [0.717, 1.165) is 17.4 Å².